The molecule has 0 spiro atoms. The second-order valence-corrected chi connectivity index (χ2v) is 13.6. The number of hydrogen-bond donors (Lipinski definition) is 0. The van der Waals surface area contributed by atoms with E-state index in [4.69, 9.17) is 15.0 Å². The number of hydrogen-bond acceptors (Lipinski definition) is 5. The monoisotopic (exact) mass is 695 g/mol. The fourth-order valence-electron chi connectivity index (χ4n) is 7.79. The molecule has 0 bridgehead atoms. The van der Waals surface area contributed by atoms with Gasteiger partial charge in [0.2, 0.25) is 0 Å². The van der Waals surface area contributed by atoms with E-state index in [-0.39, 0.29) is 5.43 Å². The van der Waals surface area contributed by atoms with Gasteiger partial charge in [0, 0.05) is 50.0 Å². The molecule has 1 aliphatic heterocycles. The third-order valence-corrected chi connectivity index (χ3v) is 10.3. The van der Waals surface area contributed by atoms with Crippen molar-refractivity contribution in [1.82, 2.24) is 19.5 Å². The van der Waals surface area contributed by atoms with Crippen LogP contribution in [0, 0.1) is 0 Å². The van der Waals surface area contributed by atoms with E-state index in [1.807, 2.05) is 60.7 Å². The second-order valence-electron chi connectivity index (χ2n) is 13.6. The third-order valence-electron chi connectivity index (χ3n) is 10.3. The van der Waals surface area contributed by atoms with Crippen LogP contribution in [0.25, 0.3) is 61.4 Å². The Balaban J connectivity index is 1.14. The molecule has 0 amide bonds. The maximum Gasteiger partial charge on any atom is 0.197 e. The second kappa shape index (κ2) is 12.8. The highest BCUT2D eigenvalue weighted by molar-refractivity contribution is 6.00. The molecule has 6 nitrogen and oxygen atoms in total. The van der Waals surface area contributed by atoms with Gasteiger partial charge in [-0.15, -0.1) is 0 Å². The summed E-state index contributed by atoms with van der Waals surface area (Å²) in [6.07, 6.45) is 8.39. The van der Waals surface area contributed by atoms with Crippen LogP contribution in [0.3, 0.4) is 0 Å². The summed E-state index contributed by atoms with van der Waals surface area (Å²) in [6, 6.07) is 49.0. The van der Waals surface area contributed by atoms with Crippen LogP contribution in [-0.2, 0) is 0 Å². The Morgan fingerprint density at radius 1 is 0.537 bits per heavy atom. The van der Waals surface area contributed by atoms with Gasteiger partial charge in [-0.2, -0.15) is 0 Å². The van der Waals surface area contributed by atoms with Crippen molar-refractivity contribution in [3.05, 3.63) is 198 Å². The van der Waals surface area contributed by atoms with Crippen molar-refractivity contribution in [3.8, 4) is 28.5 Å². The maximum atomic E-state index is 13.5. The first-order chi connectivity index (χ1) is 26.6. The van der Waals surface area contributed by atoms with E-state index in [1.165, 1.54) is 0 Å². The van der Waals surface area contributed by atoms with Gasteiger partial charge in [-0.1, -0.05) is 110 Å². The van der Waals surface area contributed by atoms with E-state index in [0.29, 0.717) is 28.2 Å². The first-order valence-corrected chi connectivity index (χ1v) is 18.2. The van der Waals surface area contributed by atoms with Gasteiger partial charge >= 0.3 is 0 Å². The lowest BCUT2D eigenvalue weighted by atomic mass is 9.91. The lowest BCUT2D eigenvalue weighted by molar-refractivity contribution is 1.00. The number of para-hydroxylation sites is 4. The summed E-state index contributed by atoms with van der Waals surface area (Å²) in [6.45, 7) is 4.46. The summed E-state index contributed by atoms with van der Waals surface area (Å²) in [4.78, 5) is 31.2. The minimum absolute atomic E-state index is 0.0258. The average Bonchev–Trinajstić information content (AvgIpc) is 3.24. The number of anilines is 3. The lowest BCUT2D eigenvalue weighted by Gasteiger charge is -2.34. The van der Waals surface area contributed by atoms with Crippen molar-refractivity contribution in [2.45, 2.75) is 12.8 Å². The molecule has 0 atom stereocenters. The highest BCUT2D eigenvalue weighted by Crippen LogP contribution is 2.48. The minimum Gasteiger partial charge on any atom is -0.309 e. The van der Waals surface area contributed by atoms with Crippen LogP contribution in [0.5, 0.6) is 0 Å². The van der Waals surface area contributed by atoms with Crippen LogP contribution in [0.15, 0.2) is 175 Å². The molecule has 2 aromatic heterocycles. The number of rotatable bonds is 5. The summed E-state index contributed by atoms with van der Waals surface area (Å²) >= 11 is 0. The van der Waals surface area contributed by atoms with Gasteiger partial charge in [0.05, 0.1) is 22.4 Å². The Morgan fingerprint density at radius 3 is 1.69 bits per heavy atom. The zero-order chi connectivity index (χ0) is 36.2. The van der Waals surface area contributed by atoms with Gasteiger partial charge in [0.25, 0.3) is 0 Å². The first kappa shape index (κ1) is 31.5. The van der Waals surface area contributed by atoms with E-state index >= 15 is 0 Å². The topological polar surface area (TPSA) is 63.9 Å². The largest absolute Gasteiger partial charge is 0.309 e. The molecule has 10 rings (SSSR count). The number of allylic oxidation sites excluding steroid dienone is 4. The molecule has 1 aliphatic carbocycles. The normalized spacial score (nSPS) is 13.5. The first-order valence-electron chi connectivity index (χ1n) is 18.2. The Labute approximate surface area is 312 Å². The molecule has 8 aromatic rings. The number of pyridine rings is 1. The van der Waals surface area contributed by atoms with Crippen molar-refractivity contribution in [3.63, 3.8) is 0 Å². The summed E-state index contributed by atoms with van der Waals surface area (Å²) < 4.78 is 2.15. The molecule has 0 saturated heterocycles. The molecule has 6 aromatic carbocycles. The minimum atomic E-state index is 0.0258. The van der Waals surface area contributed by atoms with Crippen LogP contribution in [0.4, 0.5) is 17.1 Å². The van der Waals surface area contributed by atoms with Crippen LogP contribution in [0.2, 0.25) is 0 Å². The number of nitrogens with zero attached hydrogens (tertiary/aromatic N) is 5. The lowest BCUT2D eigenvalue weighted by Crippen LogP contribution is -2.17. The smallest absolute Gasteiger partial charge is 0.197 e. The number of fused-ring (bicyclic) bond motifs is 4. The maximum absolute atomic E-state index is 13.5. The zero-order valence-electron chi connectivity index (χ0n) is 29.4. The number of benzene rings is 6. The molecular formula is C48H33N5O. The van der Waals surface area contributed by atoms with Gasteiger partial charge < -0.3 is 9.47 Å². The average molecular weight is 696 g/mol. The predicted molar refractivity (Wildman–Crippen MR) is 220 cm³/mol. The number of aromatic nitrogens is 4. The highest BCUT2D eigenvalue weighted by Gasteiger charge is 2.26. The summed E-state index contributed by atoms with van der Waals surface area (Å²) in [5.74, 6) is 1.79. The molecule has 0 unspecified atom stereocenters. The van der Waals surface area contributed by atoms with Crippen LogP contribution >= 0.6 is 0 Å². The summed E-state index contributed by atoms with van der Waals surface area (Å²) in [7, 11) is 0. The van der Waals surface area contributed by atoms with E-state index in [0.717, 1.165) is 80.0 Å². The van der Waals surface area contributed by atoms with Crippen molar-refractivity contribution >= 4 is 50.0 Å². The summed E-state index contributed by atoms with van der Waals surface area (Å²) in [5, 5.41) is 1.34. The van der Waals surface area contributed by atoms with Gasteiger partial charge in [-0.25, -0.2) is 15.0 Å². The third kappa shape index (κ3) is 5.19. The van der Waals surface area contributed by atoms with E-state index in [2.05, 4.69) is 119 Å². The fourth-order valence-corrected chi connectivity index (χ4v) is 7.79. The van der Waals surface area contributed by atoms with E-state index in [9.17, 15) is 4.79 Å². The van der Waals surface area contributed by atoms with Gasteiger partial charge in [-0.05, 0) is 79.1 Å². The Bertz CT molecular complexity index is 2840. The molecular weight excluding hydrogens is 663 g/mol. The Hall–Kier alpha value is -7.18. The van der Waals surface area contributed by atoms with Crippen LogP contribution in [0.1, 0.15) is 29.8 Å². The quantitative estimate of drug-likeness (QED) is 0.168. The van der Waals surface area contributed by atoms with Crippen LogP contribution < -0.4 is 10.3 Å². The fraction of sp³-hybridized carbons (Fsp3) is 0.0417. The summed E-state index contributed by atoms with van der Waals surface area (Å²) in [5.41, 5.74) is 11.7. The van der Waals surface area contributed by atoms with E-state index in [1.54, 1.807) is 0 Å². The molecule has 0 N–H and O–H groups in total. The van der Waals surface area contributed by atoms with Crippen molar-refractivity contribution < 1.29 is 0 Å². The standard InChI is InChI=1S/C48H33N5O/c1-31-37-21-5-9-25-41(37)52(42-26-10-6-22-38(31)42)35-19-13-17-33(29-35)47-49-46(32-15-3-2-4-16-32)50-48(51-47)34-18-14-20-36(30-34)53-43-27-11-7-23-39(43)45(54)40-24-8-12-28-44(40)53/h3,5-30H,1-2,4H2. The Morgan fingerprint density at radius 2 is 1.07 bits per heavy atom. The molecule has 6 heteroatoms. The van der Waals surface area contributed by atoms with Gasteiger partial charge in [0.1, 0.15) is 0 Å². The van der Waals surface area contributed by atoms with Crippen LogP contribution in [-0.4, -0.2) is 19.5 Å². The molecule has 0 fully saturated rings. The SMILES string of the molecule is C=C1c2ccccc2N(c2cccc(-c3nc(C4=CCCC=C4)nc(-c4cccc(-n5c6ccccc6c(=O)c6ccccc65)c4)n3)c2)c2ccccc21. The molecule has 0 saturated carbocycles. The zero-order valence-corrected chi connectivity index (χ0v) is 29.4. The van der Waals surface area contributed by atoms with Crippen molar-refractivity contribution in [2.24, 2.45) is 0 Å². The highest BCUT2D eigenvalue weighted by atomic mass is 16.1. The van der Waals surface area contributed by atoms with Crippen molar-refractivity contribution in [1.29, 1.82) is 0 Å². The Kier molecular flexibility index (Phi) is 7.47. The van der Waals surface area contributed by atoms with Gasteiger partial charge in [-0.3, -0.25) is 4.79 Å². The van der Waals surface area contributed by atoms with E-state index < -0.39 is 0 Å². The molecule has 3 heterocycles. The molecule has 0 radical (unpaired) electrons. The van der Waals surface area contributed by atoms with Gasteiger partial charge in [0.15, 0.2) is 22.9 Å². The molecule has 2 aliphatic rings. The molecule has 256 valence electrons. The molecule has 54 heavy (non-hydrogen) atoms. The van der Waals surface area contributed by atoms with Crippen molar-refractivity contribution in [2.75, 3.05) is 4.90 Å². The predicted octanol–water partition coefficient (Wildman–Crippen LogP) is 11.2.